The van der Waals surface area contributed by atoms with Gasteiger partial charge < -0.3 is 10.2 Å². The summed E-state index contributed by atoms with van der Waals surface area (Å²) in [6.45, 7) is 0. The fourth-order valence-electron chi connectivity index (χ4n) is 2.14. The predicted molar refractivity (Wildman–Crippen MR) is 60.1 cm³/mol. The normalized spacial score (nSPS) is 21.2. The molecule has 0 bridgehead atoms. The summed E-state index contributed by atoms with van der Waals surface area (Å²) in [5, 5.41) is 19.2. The highest BCUT2D eigenvalue weighted by Crippen LogP contribution is 2.38. The zero-order valence-electron chi connectivity index (χ0n) is 8.69. The fourth-order valence-corrected chi connectivity index (χ4v) is 2.14. The van der Waals surface area contributed by atoms with E-state index in [9.17, 15) is 10.2 Å². The zero-order chi connectivity index (χ0) is 10.7. The summed E-state index contributed by atoms with van der Waals surface area (Å²) in [7, 11) is 0. The van der Waals surface area contributed by atoms with E-state index in [1.807, 2.05) is 6.07 Å². The van der Waals surface area contributed by atoms with Crippen molar-refractivity contribution in [2.75, 3.05) is 0 Å². The van der Waals surface area contributed by atoms with Crippen LogP contribution in [0, 0.1) is 0 Å². The van der Waals surface area contributed by atoms with Crippen LogP contribution in [-0.2, 0) is 0 Å². The van der Waals surface area contributed by atoms with Gasteiger partial charge in [-0.25, -0.2) is 0 Å². The quantitative estimate of drug-likeness (QED) is 0.544. The Labute approximate surface area is 89.9 Å². The van der Waals surface area contributed by atoms with Gasteiger partial charge in [-0.05, 0) is 37.7 Å². The minimum atomic E-state index is -0.0132. The third-order valence-corrected chi connectivity index (χ3v) is 3.00. The standard InChI is InChI=1S/C13H16O2/c14-12-9-5-8-11(13(12)15)10-6-3-1-2-4-7-10/h1,3,5,8-10,14-15H,2,4,6-7H2. The third-order valence-electron chi connectivity index (χ3n) is 3.00. The van der Waals surface area contributed by atoms with Crippen LogP contribution in [0.1, 0.15) is 37.2 Å². The molecule has 15 heavy (non-hydrogen) atoms. The Kier molecular flexibility index (Phi) is 2.95. The highest BCUT2D eigenvalue weighted by atomic mass is 16.3. The molecule has 2 rings (SSSR count). The zero-order valence-corrected chi connectivity index (χ0v) is 8.69. The molecule has 1 aliphatic rings. The number of rotatable bonds is 1. The van der Waals surface area contributed by atoms with Gasteiger partial charge in [0.2, 0.25) is 0 Å². The first-order valence-electron chi connectivity index (χ1n) is 5.45. The molecule has 0 saturated heterocycles. The van der Waals surface area contributed by atoms with E-state index in [-0.39, 0.29) is 11.5 Å². The van der Waals surface area contributed by atoms with Gasteiger partial charge >= 0.3 is 0 Å². The molecule has 1 aromatic carbocycles. The van der Waals surface area contributed by atoms with Crippen LogP contribution in [0.25, 0.3) is 0 Å². The van der Waals surface area contributed by atoms with Gasteiger partial charge in [0.25, 0.3) is 0 Å². The summed E-state index contributed by atoms with van der Waals surface area (Å²) < 4.78 is 0. The lowest BCUT2D eigenvalue weighted by molar-refractivity contribution is 0.394. The van der Waals surface area contributed by atoms with Gasteiger partial charge in [-0.3, -0.25) is 0 Å². The summed E-state index contributed by atoms with van der Waals surface area (Å²) >= 11 is 0. The molecule has 0 radical (unpaired) electrons. The Bertz CT molecular complexity index is 369. The maximum atomic E-state index is 9.77. The molecule has 2 nitrogen and oxygen atoms in total. The average molecular weight is 204 g/mol. The Hall–Kier alpha value is -1.44. The van der Waals surface area contributed by atoms with Crippen LogP contribution in [-0.4, -0.2) is 10.2 Å². The summed E-state index contributed by atoms with van der Waals surface area (Å²) in [5.41, 5.74) is 0.876. The largest absolute Gasteiger partial charge is 0.504 e. The van der Waals surface area contributed by atoms with Crippen molar-refractivity contribution >= 4 is 0 Å². The molecule has 0 aromatic heterocycles. The van der Waals surface area contributed by atoms with Crippen molar-refractivity contribution < 1.29 is 10.2 Å². The van der Waals surface area contributed by atoms with E-state index in [0.717, 1.165) is 31.2 Å². The predicted octanol–water partition coefficient (Wildman–Crippen LogP) is 3.31. The number of aromatic hydroxyl groups is 2. The number of phenolic OH excluding ortho intramolecular Hbond substituents is 2. The first kappa shape index (κ1) is 10.1. The van der Waals surface area contributed by atoms with Crippen molar-refractivity contribution in [3.63, 3.8) is 0 Å². The minimum Gasteiger partial charge on any atom is -0.504 e. The second-order valence-corrected chi connectivity index (χ2v) is 4.05. The number of phenols is 2. The van der Waals surface area contributed by atoms with Gasteiger partial charge in [0.15, 0.2) is 11.5 Å². The van der Waals surface area contributed by atoms with Gasteiger partial charge in [-0.2, -0.15) is 0 Å². The highest BCUT2D eigenvalue weighted by Gasteiger charge is 2.16. The Morgan fingerprint density at radius 2 is 2.00 bits per heavy atom. The van der Waals surface area contributed by atoms with Crippen LogP contribution in [0.15, 0.2) is 30.4 Å². The van der Waals surface area contributed by atoms with Crippen molar-refractivity contribution in [2.24, 2.45) is 0 Å². The second kappa shape index (κ2) is 4.39. The van der Waals surface area contributed by atoms with Gasteiger partial charge in [-0.1, -0.05) is 24.3 Å². The molecule has 2 N–H and O–H groups in total. The van der Waals surface area contributed by atoms with Crippen molar-refractivity contribution in [3.8, 4) is 11.5 Å². The molecule has 80 valence electrons. The molecule has 1 atom stereocenters. The fraction of sp³-hybridized carbons (Fsp3) is 0.385. The molecular weight excluding hydrogens is 188 g/mol. The van der Waals surface area contributed by atoms with Gasteiger partial charge in [0, 0.05) is 5.56 Å². The molecule has 1 aliphatic carbocycles. The smallest absolute Gasteiger partial charge is 0.160 e. The van der Waals surface area contributed by atoms with E-state index < -0.39 is 0 Å². The topological polar surface area (TPSA) is 40.5 Å². The number of hydrogen-bond donors (Lipinski definition) is 2. The van der Waals surface area contributed by atoms with Crippen LogP contribution in [0.3, 0.4) is 0 Å². The van der Waals surface area contributed by atoms with E-state index in [4.69, 9.17) is 0 Å². The molecule has 0 heterocycles. The SMILES string of the molecule is Oc1cccc(C2CC=CCCC2)c1O. The van der Waals surface area contributed by atoms with Crippen molar-refractivity contribution in [1.29, 1.82) is 0 Å². The Morgan fingerprint density at radius 1 is 1.13 bits per heavy atom. The minimum absolute atomic E-state index is 0.0132. The van der Waals surface area contributed by atoms with Gasteiger partial charge in [0.05, 0.1) is 0 Å². The Balaban J connectivity index is 2.27. The van der Waals surface area contributed by atoms with Crippen molar-refractivity contribution in [1.82, 2.24) is 0 Å². The lowest BCUT2D eigenvalue weighted by Gasteiger charge is -2.15. The number of hydrogen-bond acceptors (Lipinski definition) is 2. The molecule has 2 heteroatoms. The summed E-state index contributed by atoms with van der Waals surface area (Å²) in [6.07, 6.45) is 8.66. The van der Waals surface area contributed by atoms with E-state index in [2.05, 4.69) is 12.2 Å². The van der Waals surface area contributed by atoms with Crippen LogP contribution in [0.2, 0.25) is 0 Å². The highest BCUT2D eigenvalue weighted by molar-refractivity contribution is 5.46. The van der Waals surface area contributed by atoms with Crippen LogP contribution in [0.4, 0.5) is 0 Å². The summed E-state index contributed by atoms with van der Waals surface area (Å²) in [6, 6.07) is 5.21. The molecule has 1 unspecified atom stereocenters. The molecule has 0 aliphatic heterocycles. The Morgan fingerprint density at radius 3 is 2.87 bits per heavy atom. The molecule has 0 fully saturated rings. The molecule has 0 amide bonds. The summed E-state index contributed by atoms with van der Waals surface area (Å²) in [4.78, 5) is 0. The van der Waals surface area contributed by atoms with Crippen LogP contribution >= 0.6 is 0 Å². The lowest BCUT2D eigenvalue weighted by atomic mass is 9.91. The van der Waals surface area contributed by atoms with Crippen LogP contribution in [0.5, 0.6) is 11.5 Å². The molecular formula is C13H16O2. The molecule has 0 saturated carbocycles. The van der Waals surface area contributed by atoms with Crippen molar-refractivity contribution in [3.05, 3.63) is 35.9 Å². The van der Waals surface area contributed by atoms with Gasteiger partial charge in [0.1, 0.15) is 0 Å². The van der Waals surface area contributed by atoms with E-state index in [0.29, 0.717) is 5.92 Å². The number of allylic oxidation sites excluding steroid dienone is 2. The van der Waals surface area contributed by atoms with E-state index >= 15 is 0 Å². The summed E-state index contributed by atoms with van der Waals surface area (Å²) in [5.74, 6) is 0.384. The third kappa shape index (κ3) is 2.14. The maximum absolute atomic E-state index is 9.77. The first-order valence-corrected chi connectivity index (χ1v) is 5.45. The van der Waals surface area contributed by atoms with Crippen LogP contribution < -0.4 is 0 Å². The van der Waals surface area contributed by atoms with E-state index in [1.54, 1.807) is 6.07 Å². The number of benzene rings is 1. The monoisotopic (exact) mass is 204 g/mol. The number of para-hydroxylation sites is 1. The molecule has 0 spiro atoms. The molecule has 1 aromatic rings. The maximum Gasteiger partial charge on any atom is 0.160 e. The average Bonchev–Trinajstić information content (AvgIpc) is 2.50. The first-order chi connectivity index (χ1) is 7.29. The van der Waals surface area contributed by atoms with Crippen molar-refractivity contribution in [2.45, 2.75) is 31.6 Å². The van der Waals surface area contributed by atoms with E-state index in [1.165, 1.54) is 6.07 Å². The lowest BCUT2D eigenvalue weighted by Crippen LogP contribution is -1.97. The van der Waals surface area contributed by atoms with Gasteiger partial charge in [-0.15, -0.1) is 0 Å². The second-order valence-electron chi connectivity index (χ2n) is 4.05.